The molecule has 0 spiro atoms. The molecule has 12 heteroatoms. The van der Waals surface area contributed by atoms with E-state index < -0.39 is 11.6 Å². The second-order valence-corrected chi connectivity index (χ2v) is 4.07. The third-order valence-electron chi connectivity index (χ3n) is 2.85. The van der Waals surface area contributed by atoms with Crippen LogP contribution in [0.4, 0.5) is 0 Å². The summed E-state index contributed by atoms with van der Waals surface area (Å²) < 4.78 is 0. The average Bonchev–Trinajstić information content (AvgIpc) is 2.63. The Morgan fingerprint density at radius 3 is 1.04 bits per heavy atom. The molecule has 0 saturated carbocycles. The van der Waals surface area contributed by atoms with Gasteiger partial charge in [-0.1, -0.05) is 18.2 Å². The number of nitrogens with zero attached hydrogens (tertiary/aromatic N) is 6. The lowest BCUT2D eigenvalue weighted by molar-refractivity contribution is 0.455. The fraction of sp³-hybridized carbons (Fsp3) is 0.143. The van der Waals surface area contributed by atoms with Crippen LogP contribution < -0.4 is 0 Å². The zero-order valence-corrected chi connectivity index (χ0v) is 12.4. The second kappa shape index (κ2) is 8.96. The van der Waals surface area contributed by atoms with Gasteiger partial charge in [-0.15, -0.1) is 30.0 Å². The van der Waals surface area contributed by atoms with E-state index in [0.717, 1.165) is 42.5 Å². The number of isocyanates is 6. The lowest BCUT2D eigenvalue weighted by atomic mass is 10.0. The fourth-order valence-corrected chi connectivity index (χ4v) is 1.86. The standard InChI is InChI=1S/C14H4N6O6/c21-5-15-13(16-6-22,17-7-23)11-2-1-3-12(4-11)14(18-8-24,19-9-25)20-10-26/h1-4H. The molecule has 0 aliphatic carbocycles. The Morgan fingerprint density at radius 2 is 0.808 bits per heavy atom. The van der Waals surface area contributed by atoms with Crippen LogP contribution in [0.3, 0.4) is 0 Å². The van der Waals surface area contributed by atoms with Gasteiger partial charge >= 0.3 is 11.6 Å². The van der Waals surface area contributed by atoms with Crippen molar-refractivity contribution in [3.63, 3.8) is 0 Å². The summed E-state index contributed by atoms with van der Waals surface area (Å²) in [5, 5.41) is 0. The Kier molecular flexibility index (Phi) is 6.73. The molecule has 0 heterocycles. The second-order valence-electron chi connectivity index (χ2n) is 4.07. The Labute approximate surface area is 143 Å². The summed E-state index contributed by atoms with van der Waals surface area (Å²) in [4.78, 5) is 83.0. The van der Waals surface area contributed by atoms with Gasteiger partial charge < -0.3 is 0 Å². The van der Waals surface area contributed by atoms with Crippen molar-refractivity contribution in [2.24, 2.45) is 30.0 Å². The van der Waals surface area contributed by atoms with Crippen LogP contribution in [-0.4, -0.2) is 36.5 Å². The molecule has 1 aromatic carbocycles. The molecule has 126 valence electrons. The maximum atomic E-state index is 10.7. The summed E-state index contributed by atoms with van der Waals surface area (Å²) in [5.74, 6) is -4.85. The highest BCUT2D eigenvalue weighted by molar-refractivity contribution is 5.49. The van der Waals surface area contributed by atoms with Crippen molar-refractivity contribution in [2.75, 3.05) is 0 Å². The highest BCUT2D eigenvalue weighted by Gasteiger charge is 2.37. The number of hydrogen-bond acceptors (Lipinski definition) is 12. The van der Waals surface area contributed by atoms with Crippen LogP contribution in [-0.2, 0) is 40.3 Å². The lowest BCUT2D eigenvalue weighted by Gasteiger charge is -2.20. The molecule has 0 atom stereocenters. The first kappa shape index (κ1) is 19.5. The van der Waals surface area contributed by atoms with Crippen LogP contribution in [0.5, 0.6) is 0 Å². The van der Waals surface area contributed by atoms with E-state index in [1.165, 1.54) is 18.2 Å². The van der Waals surface area contributed by atoms with E-state index in [9.17, 15) is 28.8 Å². The Hall–Kier alpha value is -4.50. The van der Waals surface area contributed by atoms with Gasteiger partial charge in [0.05, 0.1) is 0 Å². The minimum atomic E-state index is -2.42. The van der Waals surface area contributed by atoms with E-state index in [1.807, 2.05) is 0 Å². The number of benzene rings is 1. The van der Waals surface area contributed by atoms with Crippen LogP contribution >= 0.6 is 0 Å². The van der Waals surface area contributed by atoms with Crippen molar-refractivity contribution >= 4 is 36.5 Å². The molecule has 1 aromatic rings. The summed E-state index contributed by atoms with van der Waals surface area (Å²) in [6.45, 7) is 0. The molecule has 0 bridgehead atoms. The monoisotopic (exact) mass is 352 g/mol. The quantitative estimate of drug-likeness (QED) is 0.466. The Bertz CT molecular complexity index is 828. The molecule has 0 aliphatic heterocycles. The van der Waals surface area contributed by atoms with Gasteiger partial charge in [0.1, 0.15) is 0 Å². The Morgan fingerprint density at radius 1 is 0.538 bits per heavy atom. The number of carbonyl (C=O) groups excluding carboxylic acids is 6. The molecule has 0 radical (unpaired) electrons. The van der Waals surface area contributed by atoms with E-state index in [1.54, 1.807) is 0 Å². The predicted octanol–water partition coefficient (Wildman–Crippen LogP) is -0.0780. The fourth-order valence-electron chi connectivity index (χ4n) is 1.86. The minimum Gasteiger partial charge on any atom is -0.211 e. The highest BCUT2D eigenvalue weighted by Crippen LogP contribution is 2.34. The van der Waals surface area contributed by atoms with Crippen molar-refractivity contribution in [3.8, 4) is 0 Å². The Balaban J connectivity index is 3.92. The molecule has 0 N–H and O–H groups in total. The molecule has 0 amide bonds. The zero-order valence-electron chi connectivity index (χ0n) is 12.4. The third kappa shape index (κ3) is 3.88. The van der Waals surface area contributed by atoms with Crippen LogP contribution in [0.25, 0.3) is 0 Å². The number of rotatable bonds is 8. The molecule has 0 fully saturated rings. The highest BCUT2D eigenvalue weighted by atomic mass is 16.1. The molecule has 26 heavy (non-hydrogen) atoms. The number of hydrogen-bond donors (Lipinski definition) is 0. The van der Waals surface area contributed by atoms with E-state index in [2.05, 4.69) is 30.0 Å². The van der Waals surface area contributed by atoms with E-state index in [4.69, 9.17) is 0 Å². The molecule has 1 rings (SSSR count). The predicted molar refractivity (Wildman–Crippen MR) is 78.5 cm³/mol. The topological polar surface area (TPSA) is 177 Å². The average molecular weight is 352 g/mol. The van der Waals surface area contributed by atoms with Gasteiger partial charge in [0.15, 0.2) is 0 Å². The van der Waals surface area contributed by atoms with Crippen molar-refractivity contribution in [2.45, 2.75) is 11.6 Å². The van der Waals surface area contributed by atoms with Gasteiger partial charge in [0.25, 0.3) is 0 Å². The molecule has 0 aromatic heterocycles. The maximum Gasteiger partial charge on any atom is 0.303 e. The van der Waals surface area contributed by atoms with Gasteiger partial charge in [-0.3, -0.25) is 0 Å². The molecule has 0 aliphatic rings. The van der Waals surface area contributed by atoms with Crippen LogP contribution in [0, 0.1) is 0 Å². The molecular formula is C14H4N6O6. The summed E-state index contributed by atoms with van der Waals surface area (Å²) >= 11 is 0. The largest absolute Gasteiger partial charge is 0.303 e. The summed E-state index contributed by atoms with van der Waals surface area (Å²) in [6, 6.07) is 4.65. The smallest absolute Gasteiger partial charge is 0.211 e. The SMILES string of the molecule is O=C=NC(N=C=O)(N=C=O)c1cccc(C(N=C=O)(N=C=O)N=C=O)c1. The zero-order chi connectivity index (χ0) is 19.5. The summed E-state index contributed by atoms with van der Waals surface area (Å²) in [7, 11) is 0. The van der Waals surface area contributed by atoms with Crippen molar-refractivity contribution < 1.29 is 28.8 Å². The molecular weight excluding hydrogens is 348 g/mol. The maximum absolute atomic E-state index is 10.7. The van der Waals surface area contributed by atoms with Crippen LogP contribution in [0.1, 0.15) is 11.1 Å². The van der Waals surface area contributed by atoms with Crippen molar-refractivity contribution in [1.82, 2.24) is 0 Å². The molecule has 12 nitrogen and oxygen atoms in total. The van der Waals surface area contributed by atoms with Crippen LogP contribution in [0.2, 0.25) is 0 Å². The minimum absolute atomic E-state index is 0.224. The van der Waals surface area contributed by atoms with Crippen molar-refractivity contribution in [1.29, 1.82) is 0 Å². The normalized spacial score (nSPS) is 13.2. The molecule has 0 saturated heterocycles. The van der Waals surface area contributed by atoms with Gasteiger partial charge in [-0.05, 0) is 6.07 Å². The van der Waals surface area contributed by atoms with E-state index in [0.29, 0.717) is 0 Å². The first-order valence-electron chi connectivity index (χ1n) is 6.23. The van der Waals surface area contributed by atoms with Crippen molar-refractivity contribution in [3.05, 3.63) is 35.4 Å². The molecule has 0 unspecified atom stereocenters. The van der Waals surface area contributed by atoms with E-state index in [-0.39, 0.29) is 11.1 Å². The first-order valence-corrected chi connectivity index (χ1v) is 6.23. The third-order valence-corrected chi connectivity index (χ3v) is 2.85. The van der Waals surface area contributed by atoms with Crippen LogP contribution in [0.15, 0.2) is 54.2 Å². The van der Waals surface area contributed by atoms with Gasteiger partial charge in [-0.25, -0.2) is 28.8 Å². The van der Waals surface area contributed by atoms with Gasteiger partial charge in [-0.2, -0.15) is 0 Å². The summed E-state index contributed by atoms with van der Waals surface area (Å²) in [6.07, 6.45) is 6.50. The number of aliphatic imine (C=N–C) groups is 6. The van der Waals surface area contributed by atoms with Gasteiger partial charge in [0.2, 0.25) is 36.5 Å². The first-order chi connectivity index (χ1) is 12.6. The lowest BCUT2D eigenvalue weighted by Crippen LogP contribution is -2.22. The van der Waals surface area contributed by atoms with E-state index >= 15 is 0 Å². The summed E-state index contributed by atoms with van der Waals surface area (Å²) in [5.41, 5.74) is -0.449. The van der Waals surface area contributed by atoms with Gasteiger partial charge in [0, 0.05) is 11.1 Å².